The second-order valence-corrected chi connectivity index (χ2v) is 4.52. The van der Waals surface area contributed by atoms with Gasteiger partial charge in [0.15, 0.2) is 0 Å². The molecule has 0 spiro atoms. The molecule has 0 amide bonds. The summed E-state index contributed by atoms with van der Waals surface area (Å²) >= 11 is 11.9. The summed E-state index contributed by atoms with van der Waals surface area (Å²) < 4.78 is 13.2. The van der Waals surface area contributed by atoms with Crippen LogP contribution >= 0.6 is 23.2 Å². The van der Waals surface area contributed by atoms with Crippen molar-refractivity contribution in [2.75, 3.05) is 0 Å². The molecule has 4 heteroatoms. The predicted octanol–water partition coefficient (Wildman–Crippen LogP) is 4.26. The third-order valence-corrected chi connectivity index (χ3v) is 2.97. The number of rotatable bonds is 2. The van der Waals surface area contributed by atoms with Crippen molar-refractivity contribution in [3.05, 3.63) is 57.8 Å². The lowest BCUT2D eigenvalue weighted by molar-refractivity contribution is 0.628. The summed E-state index contributed by atoms with van der Waals surface area (Å²) in [6, 6.07) is 9.78. The van der Waals surface area contributed by atoms with Crippen LogP contribution in [0.2, 0.25) is 10.0 Å². The van der Waals surface area contributed by atoms with E-state index in [1.807, 2.05) is 12.1 Å². The Morgan fingerprint density at radius 3 is 2.41 bits per heavy atom. The van der Waals surface area contributed by atoms with Gasteiger partial charge in [-0.1, -0.05) is 35.3 Å². The Balaban J connectivity index is 2.52. The zero-order chi connectivity index (χ0) is 12.4. The lowest BCUT2D eigenvalue weighted by Crippen LogP contribution is -1.96. The maximum atomic E-state index is 13.2. The van der Waals surface area contributed by atoms with Gasteiger partial charge in [0.25, 0.3) is 0 Å². The fourth-order valence-corrected chi connectivity index (χ4v) is 2.16. The van der Waals surface area contributed by atoms with Gasteiger partial charge in [0.1, 0.15) is 5.82 Å². The van der Waals surface area contributed by atoms with E-state index in [1.165, 1.54) is 12.1 Å². The largest absolute Gasteiger partial charge is 0.326 e. The molecule has 0 saturated carbocycles. The molecule has 0 aliphatic heterocycles. The zero-order valence-electron chi connectivity index (χ0n) is 8.88. The van der Waals surface area contributed by atoms with Crippen LogP contribution in [0.5, 0.6) is 0 Å². The first-order valence-corrected chi connectivity index (χ1v) is 5.80. The molecule has 0 aliphatic rings. The molecule has 0 heterocycles. The highest BCUT2D eigenvalue weighted by Gasteiger charge is 2.07. The van der Waals surface area contributed by atoms with Crippen LogP contribution in [0.1, 0.15) is 5.56 Å². The van der Waals surface area contributed by atoms with Crippen LogP contribution in [0, 0.1) is 5.82 Å². The van der Waals surface area contributed by atoms with Crippen molar-refractivity contribution in [3.63, 3.8) is 0 Å². The summed E-state index contributed by atoms with van der Waals surface area (Å²) in [7, 11) is 0. The van der Waals surface area contributed by atoms with Gasteiger partial charge in [0, 0.05) is 22.2 Å². The standard InChI is InChI=1S/C13H10Cl2FN/c14-10-4-9(5-11(16)6-10)12-2-1-8(7-17)3-13(12)15/h1-6H,7,17H2. The fraction of sp³-hybridized carbons (Fsp3) is 0.0769. The summed E-state index contributed by atoms with van der Waals surface area (Å²) in [5, 5.41) is 0.883. The number of halogens is 3. The van der Waals surface area contributed by atoms with Crippen molar-refractivity contribution in [2.24, 2.45) is 5.73 Å². The minimum absolute atomic E-state index is 0.346. The van der Waals surface area contributed by atoms with Crippen LogP contribution < -0.4 is 5.73 Å². The van der Waals surface area contributed by atoms with Gasteiger partial charge in [-0.3, -0.25) is 0 Å². The van der Waals surface area contributed by atoms with Crippen molar-refractivity contribution in [2.45, 2.75) is 6.54 Å². The van der Waals surface area contributed by atoms with E-state index in [9.17, 15) is 4.39 Å². The Morgan fingerprint density at radius 2 is 1.82 bits per heavy atom. The molecule has 0 fully saturated rings. The highest BCUT2D eigenvalue weighted by Crippen LogP contribution is 2.31. The van der Waals surface area contributed by atoms with Gasteiger partial charge in [-0.2, -0.15) is 0 Å². The molecular formula is C13H10Cl2FN. The molecule has 2 aromatic carbocycles. The van der Waals surface area contributed by atoms with E-state index in [1.54, 1.807) is 12.1 Å². The summed E-state index contributed by atoms with van der Waals surface area (Å²) in [6.07, 6.45) is 0. The molecule has 0 aromatic heterocycles. The molecule has 17 heavy (non-hydrogen) atoms. The van der Waals surface area contributed by atoms with E-state index in [0.29, 0.717) is 22.2 Å². The first-order chi connectivity index (χ1) is 8.10. The summed E-state index contributed by atoms with van der Waals surface area (Å²) in [4.78, 5) is 0. The van der Waals surface area contributed by atoms with Crippen molar-refractivity contribution >= 4 is 23.2 Å². The minimum atomic E-state index is -0.383. The van der Waals surface area contributed by atoms with E-state index >= 15 is 0 Å². The SMILES string of the molecule is NCc1ccc(-c2cc(F)cc(Cl)c2)c(Cl)c1. The summed E-state index contributed by atoms with van der Waals surface area (Å²) in [5.41, 5.74) is 7.84. The Morgan fingerprint density at radius 1 is 1.06 bits per heavy atom. The van der Waals surface area contributed by atoms with E-state index in [0.717, 1.165) is 11.1 Å². The summed E-state index contributed by atoms with van der Waals surface area (Å²) in [6.45, 7) is 0.421. The Labute approximate surface area is 109 Å². The van der Waals surface area contributed by atoms with Crippen molar-refractivity contribution in [3.8, 4) is 11.1 Å². The first-order valence-electron chi connectivity index (χ1n) is 5.05. The maximum Gasteiger partial charge on any atom is 0.125 e. The molecule has 2 aromatic rings. The third-order valence-electron chi connectivity index (χ3n) is 2.44. The van der Waals surface area contributed by atoms with Crippen LogP contribution in [-0.4, -0.2) is 0 Å². The molecule has 2 N–H and O–H groups in total. The first kappa shape index (κ1) is 12.4. The second-order valence-electron chi connectivity index (χ2n) is 3.68. The van der Waals surface area contributed by atoms with Crippen molar-refractivity contribution in [1.29, 1.82) is 0 Å². The molecular weight excluding hydrogens is 260 g/mol. The van der Waals surface area contributed by atoms with Gasteiger partial charge >= 0.3 is 0 Å². The highest BCUT2D eigenvalue weighted by atomic mass is 35.5. The third kappa shape index (κ3) is 2.78. The van der Waals surface area contributed by atoms with Crippen LogP contribution in [0.4, 0.5) is 4.39 Å². The lowest BCUT2D eigenvalue weighted by atomic mass is 10.0. The molecule has 0 aliphatic carbocycles. The van der Waals surface area contributed by atoms with E-state index < -0.39 is 0 Å². The lowest BCUT2D eigenvalue weighted by Gasteiger charge is -2.07. The minimum Gasteiger partial charge on any atom is -0.326 e. The average Bonchev–Trinajstić information content (AvgIpc) is 2.27. The van der Waals surface area contributed by atoms with Gasteiger partial charge < -0.3 is 5.73 Å². The molecule has 88 valence electrons. The Kier molecular flexibility index (Phi) is 3.67. The molecule has 0 saturated heterocycles. The molecule has 0 atom stereocenters. The number of hydrogen-bond donors (Lipinski definition) is 1. The maximum absolute atomic E-state index is 13.2. The highest BCUT2D eigenvalue weighted by molar-refractivity contribution is 6.34. The van der Waals surface area contributed by atoms with Gasteiger partial charge in [-0.15, -0.1) is 0 Å². The van der Waals surface area contributed by atoms with Crippen LogP contribution in [0.25, 0.3) is 11.1 Å². The Hall–Kier alpha value is -1.09. The zero-order valence-corrected chi connectivity index (χ0v) is 10.4. The summed E-state index contributed by atoms with van der Waals surface area (Å²) in [5.74, 6) is -0.383. The van der Waals surface area contributed by atoms with E-state index in [4.69, 9.17) is 28.9 Å². The number of benzene rings is 2. The average molecular weight is 270 g/mol. The van der Waals surface area contributed by atoms with Gasteiger partial charge in [-0.25, -0.2) is 4.39 Å². The number of nitrogens with two attached hydrogens (primary N) is 1. The van der Waals surface area contributed by atoms with Crippen molar-refractivity contribution in [1.82, 2.24) is 0 Å². The van der Waals surface area contributed by atoms with E-state index in [2.05, 4.69) is 0 Å². The quantitative estimate of drug-likeness (QED) is 0.866. The fourth-order valence-electron chi connectivity index (χ4n) is 1.63. The van der Waals surface area contributed by atoms with Crippen molar-refractivity contribution < 1.29 is 4.39 Å². The van der Waals surface area contributed by atoms with Gasteiger partial charge in [0.2, 0.25) is 0 Å². The molecule has 0 bridgehead atoms. The Bertz CT molecular complexity index is 535. The molecule has 1 nitrogen and oxygen atoms in total. The smallest absolute Gasteiger partial charge is 0.125 e. The second kappa shape index (κ2) is 5.05. The van der Waals surface area contributed by atoms with Gasteiger partial charge in [-0.05, 0) is 35.4 Å². The molecule has 0 unspecified atom stereocenters. The van der Waals surface area contributed by atoms with Crippen LogP contribution in [-0.2, 0) is 6.54 Å². The van der Waals surface area contributed by atoms with Crippen LogP contribution in [0.15, 0.2) is 36.4 Å². The molecule has 0 radical (unpaired) electrons. The normalized spacial score (nSPS) is 10.6. The number of hydrogen-bond acceptors (Lipinski definition) is 1. The predicted molar refractivity (Wildman–Crippen MR) is 69.7 cm³/mol. The topological polar surface area (TPSA) is 26.0 Å². The monoisotopic (exact) mass is 269 g/mol. The van der Waals surface area contributed by atoms with Gasteiger partial charge in [0.05, 0.1) is 0 Å². The van der Waals surface area contributed by atoms with E-state index in [-0.39, 0.29) is 5.82 Å². The molecule has 2 rings (SSSR count). The van der Waals surface area contributed by atoms with Crippen LogP contribution in [0.3, 0.4) is 0 Å².